The maximum Gasteiger partial charge on any atom is 0.133 e. The maximum absolute atomic E-state index is 9.06. The molecule has 0 fully saturated rings. The van der Waals surface area contributed by atoms with Crippen molar-refractivity contribution in [2.75, 3.05) is 5.32 Å². The number of hydrogen-bond donors (Lipinski definition) is 2. The number of fused-ring (bicyclic) bond motifs is 1. The third-order valence-electron chi connectivity index (χ3n) is 4.04. The fourth-order valence-corrected chi connectivity index (χ4v) is 2.80. The van der Waals surface area contributed by atoms with Gasteiger partial charge >= 0.3 is 0 Å². The van der Waals surface area contributed by atoms with Gasteiger partial charge in [-0.3, -0.25) is 0 Å². The molecule has 1 aliphatic rings. The van der Waals surface area contributed by atoms with Gasteiger partial charge in [0, 0.05) is 17.8 Å². The highest BCUT2D eigenvalue weighted by Gasteiger charge is 2.13. The quantitative estimate of drug-likeness (QED) is 0.847. The number of rotatable bonds is 4. The normalized spacial score (nSPS) is 14.3. The van der Waals surface area contributed by atoms with E-state index in [9.17, 15) is 0 Å². The Morgan fingerprint density at radius 2 is 1.71 bits per heavy atom. The molecule has 110 valence electrons. The number of benzene rings is 1. The average Bonchev–Trinajstić information content (AvgIpc) is 2.79. The Bertz CT molecular complexity index is 595. The summed E-state index contributed by atoms with van der Waals surface area (Å²) in [5.41, 5.74) is 4.63. The molecule has 0 aliphatic heterocycles. The highest BCUT2D eigenvalue weighted by molar-refractivity contribution is 5.47. The van der Waals surface area contributed by atoms with E-state index in [1.807, 2.05) is 24.3 Å². The van der Waals surface area contributed by atoms with E-state index in [0.717, 1.165) is 30.8 Å². The summed E-state index contributed by atoms with van der Waals surface area (Å²) in [5.74, 6) is 0.980. The number of hydrogen-bond acceptors (Lipinski definition) is 4. The van der Waals surface area contributed by atoms with Crippen molar-refractivity contribution in [2.24, 2.45) is 0 Å². The van der Waals surface area contributed by atoms with E-state index in [1.165, 1.54) is 36.1 Å². The van der Waals surface area contributed by atoms with Gasteiger partial charge in [-0.2, -0.15) is 0 Å². The number of nitrogens with zero attached hydrogens (tertiary/aromatic N) is 2. The molecule has 0 bridgehead atoms. The summed E-state index contributed by atoms with van der Waals surface area (Å²) in [5, 5.41) is 12.5. The second kappa shape index (κ2) is 6.68. The zero-order chi connectivity index (χ0) is 14.5. The van der Waals surface area contributed by atoms with E-state index in [-0.39, 0.29) is 6.61 Å². The predicted octanol–water partition coefficient (Wildman–Crippen LogP) is 2.85. The molecule has 1 aromatic heterocycles. The summed E-state index contributed by atoms with van der Waals surface area (Å²) >= 11 is 0. The van der Waals surface area contributed by atoms with Crippen LogP contribution in [-0.4, -0.2) is 15.1 Å². The first kappa shape index (κ1) is 14.0. The largest absolute Gasteiger partial charge is 0.392 e. The Hall–Kier alpha value is -1.94. The van der Waals surface area contributed by atoms with Gasteiger partial charge in [-0.1, -0.05) is 30.7 Å². The minimum atomic E-state index is 0.0904. The standard InChI is InChI=1S/C17H21N3O/c21-11-14-8-6-13(7-9-14)10-18-17-15-4-2-1-3-5-16(15)19-12-20-17/h6-9,12,21H,1-5,10-11H2,(H,18,19,20). The lowest BCUT2D eigenvalue weighted by atomic mass is 10.1. The number of aryl methyl sites for hydroxylation is 1. The van der Waals surface area contributed by atoms with E-state index in [1.54, 1.807) is 6.33 Å². The van der Waals surface area contributed by atoms with Crippen LogP contribution in [0.5, 0.6) is 0 Å². The number of aliphatic hydroxyl groups is 1. The van der Waals surface area contributed by atoms with Crippen LogP contribution < -0.4 is 5.32 Å². The predicted molar refractivity (Wildman–Crippen MR) is 83.0 cm³/mol. The smallest absolute Gasteiger partial charge is 0.133 e. The van der Waals surface area contributed by atoms with Crippen LogP contribution in [0.25, 0.3) is 0 Å². The van der Waals surface area contributed by atoms with Gasteiger partial charge in [0.05, 0.1) is 6.61 Å². The lowest BCUT2D eigenvalue weighted by Crippen LogP contribution is -2.08. The molecule has 3 rings (SSSR count). The Balaban J connectivity index is 1.72. The summed E-state index contributed by atoms with van der Waals surface area (Å²) < 4.78 is 0. The summed E-state index contributed by atoms with van der Waals surface area (Å²) in [6, 6.07) is 7.99. The SMILES string of the molecule is OCc1ccc(CNc2ncnc3c2CCCCC3)cc1. The molecular weight excluding hydrogens is 262 g/mol. The third kappa shape index (κ3) is 3.39. The third-order valence-corrected chi connectivity index (χ3v) is 4.04. The molecule has 1 heterocycles. The Morgan fingerprint density at radius 1 is 0.952 bits per heavy atom. The van der Waals surface area contributed by atoms with Gasteiger partial charge in [0.15, 0.2) is 0 Å². The van der Waals surface area contributed by atoms with Crippen molar-refractivity contribution in [3.05, 3.63) is 53.0 Å². The second-order valence-corrected chi connectivity index (χ2v) is 5.54. The summed E-state index contributed by atoms with van der Waals surface area (Å²) in [7, 11) is 0. The summed E-state index contributed by atoms with van der Waals surface area (Å²) in [4.78, 5) is 8.86. The first-order valence-corrected chi connectivity index (χ1v) is 7.62. The molecule has 21 heavy (non-hydrogen) atoms. The van der Waals surface area contributed by atoms with E-state index in [4.69, 9.17) is 5.11 Å². The van der Waals surface area contributed by atoms with Crippen LogP contribution in [0.15, 0.2) is 30.6 Å². The van der Waals surface area contributed by atoms with Crippen molar-refractivity contribution in [3.63, 3.8) is 0 Å². The van der Waals surface area contributed by atoms with Crippen molar-refractivity contribution in [3.8, 4) is 0 Å². The Morgan fingerprint density at radius 3 is 2.52 bits per heavy atom. The highest BCUT2D eigenvalue weighted by Crippen LogP contribution is 2.24. The van der Waals surface area contributed by atoms with Gasteiger partial charge in [0.2, 0.25) is 0 Å². The van der Waals surface area contributed by atoms with Crippen LogP contribution in [-0.2, 0) is 26.0 Å². The fraction of sp³-hybridized carbons (Fsp3) is 0.412. The minimum absolute atomic E-state index is 0.0904. The van der Waals surface area contributed by atoms with Gasteiger partial charge < -0.3 is 10.4 Å². The summed E-state index contributed by atoms with van der Waals surface area (Å²) in [6.45, 7) is 0.836. The molecule has 0 unspecified atom stereocenters. The topological polar surface area (TPSA) is 58.0 Å². The second-order valence-electron chi connectivity index (χ2n) is 5.54. The molecule has 0 saturated carbocycles. The monoisotopic (exact) mass is 283 g/mol. The summed E-state index contributed by atoms with van der Waals surface area (Å²) in [6.07, 6.45) is 7.53. The molecule has 4 nitrogen and oxygen atoms in total. The highest BCUT2D eigenvalue weighted by atomic mass is 16.3. The molecule has 1 aromatic carbocycles. The number of aliphatic hydroxyl groups excluding tert-OH is 1. The van der Waals surface area contributed by atoms with E-state index >= 15 is 0 Å². The van der Waals surface area contributed by atoms with Gasteiger partial charge in [-0.15, -0.1) is 0 Å². The van der Waals surface area contributed by atoms with Crippen molar-refractivity contribution in [1.82, 2.24) is 9.97 Å². The molecule has 1 aliphatic carbocycles. The molecule has 2 N–H and O–H groups in total. The first-order valence-electron chi connectivity index (χ1n) is 7.62. The zero-order valence-electron chi connectivity index (χ0n) is 12.2. The van der Waals surface area contributed by atoms with Crippen LogP contribution in [0, 0.1) is 0 Å². The molecule has 0 amide bonds. The van der Waals surface area contributed by atoms with Gasteiger partial charge in [0.1, 0.15) is 12.1 Å². The van der Waals surface area contributed by atoms with E-state index < -0.39 is 0 Å². The molecule has 2 aromatic rings. The van der Waals surface area contributed by atoms with E-state index in [0.29, 0.717) is 0 Å². The molecule has 0 saturated heterocycles. The number of aromatic nitrogens is 2. The molecule has 0 atom stereocenters. The molecule has 0 radical (unpaired) electrons. The average molecular weight is 283 g/mol. The first-order chi connectivity index (χ1) is 10.4. The van der Waals surface area contributed by atoms with Crippen molar-refractivity contribution in [2.45, 2.75) is 45.3 Å². The number of anilines is 1. The lowest BCUT2D eigenvalue weighted by Gasteiger charge is -2.12. The minimum Gasteiger partial charge on any atom is -0.392 e. The van der Waals surface area contributed by atoms with E-state index in [2.05, 4.69) is 15.3 Å². The molecule has 0 spiro atoms. The van der Waals surface area contributed by atoms with Gasteiger partial charge in [-0.05, 0) is 36.8 Å². The Kier molecular flexibility index (Phi) is 4.46. The van der Waals surface area contributed by atoms with Crippen molar-refractivity contribution in [1.29, 1.82) is 0 Å². The lowest BCUT2D eigenvalue weighted by molar-refractivity contribution is 0.282. The van der Waals surface area contributed by atoms with Gasteiger partial charge in [0.25, 0.3) is 0 Å². The van der Waals surface area contributed by atoms with Crippen LogP contribution in [0.2, 0.25) is 0 Å². The Labute approximate surface area is 125 Å². The number of nitrogens with one attached hydrogen (secondary N) is 1. The zero-order valence-corrected chi connectivity index (χ0v) is 12.2. The molecule has 4 heteroatoms. The maximum atomic E-state index is 9.06. The molecular formula is C17H21N3O. The van der Waals surface area contributed by atoms with Gasteiger partial charge in [-0.25, -0.2) is 9.97 Å². The van der Waals surface area contributed by atoms with Crippen LogP contribution in [0.3, 0.4) is 0 Å². The van der Waals surface area contributed by atoms with Crippen LogP contribution in [0.4, 0.5) is 5.82 Å². The van der Waals surface area contributed by atoms with Crippen LogP contribution in [0.1, 0.15) is 41.6 Å². The van der Waals surface area contributed by atoms with Crippen molar-refractivity contribution >= 4 is 5.82 Å². The van der Waals surface area contributed by atoms with Crippen LogP contribution >= 0.6 is 0 Å². The van der Waals surface area contributed by atoms with Crippen molar-refractivity contribution < 1.29 is 5.11 Å². The fourth-order valence-electron chi connectivity index (χ4n) is 2.80.